The summed E-state index contributed by atoms with van der Waals surface area (Å²) in [4.78, 5) is 15.4. The highest BCUT2D eigenvalue weighted by molar-refractivity contribution is 7.89. The molecule has 2 aliphatic rings. The average molecular weight is 413 g/mol. The van der Waals surface area contributed by atoms with Crippen LogP contribution in [0.4, 0.5) is 0 Å². The van der Waals surface area contributed by atoms with Crippen molar-refractivity contribution in [2.45, 2.75) is 24.7 Å². The Hall–Kier alpha value is -2.71. The van der Waals surface area contributed by atoms with Crippen molar-refractivity contribution in [1.82, 2.24) is 9.31 Å². The molecule has 2 aromatic rings. The molecule has 0 aromatic heterocycles. The van der Waals surface area contributed by atoms with E-state index in [1.807, 2.05) is 6.92 Å². The zero-order chi connectivity index (χ0) is 20.6. The minimum Gasteiger partial charge on any atom is -0.507 e. The Labute approximate surface area is 170 Å². The van der Waals surface area contributed by atoms with Gasteiger partial charge in [-0.25, -0.2) is 0 Å². The van der Waals surface area contributed by atoms with Crippen LogP contribution >= 0.6 is 0 Å². The number of carbonyl (C=O) groups is 1. The average Bonchev–Trinajstić information content (AvgIpc) is 3.32. The zero-order valence-electron chi connectivity index (χ0n) is 16.2. The maximum Gasteiger partial charge on any atom is 0.286 e. The third-order valence-electron chi connectivity index (χ3n) is 5.38. The summed E-state index contributed by atoms with van der Waals surface area (Å²) < 4.78 is 26.8. The van der Waals surface area contributed by atoms with Crippen molar-refractivity contribution in [1.29, 1.82) is 0 Å². The molecule has 1 fully saturated rings. The van der Waals surface area contributed by atoms with Gasteiger partial charge in [0.1, 0.15) is 5.75 Å². The van der Waals surface area contributed by atoms with E-state index in [9.17, 15) is 18.3 Å². The highest BCUT2D eigenvalue weighted by Crippen LogP contribution is 2.31. The first kappa shape index (κ1) is 19.6. The molecule has 0 radical (unpaired) electrons. The van der Waals surface area contributed by atoms with Crippen LogP contribution in [-0.2, 0) is 14.8 Å². The van der Waals surface area contributed by atoms with Gasteiger partial charge in [0.2, 0.25) is 0 Å². The first-order chi connectivity index (χ1) is 13.9. The number of aromatic hydroxyl groups is 1. The standard InChI is InChI=1S/C21H23N3O4S/c1-15-8-10-16(11-9-15)29(27,28)24-21(26)18(14-23-12-4-5-13-23)20(22-24)17-6-2-3-7-19(17)25/h2-3,6-11,18,25H,4-5,12-14H2,1H3/t18-/m0/s1. The van der Waals surface area contributed by atoms with Crippen molar-refractivity contribution in [3.8, 4) is 5.75 Å². The number of hydrazone groups is 1. The van der Waals surface area contributed by atoms with Crippen LogP contribution < -0.4 is 0 Å². The van der Waals surface area contributed by atoms with Crippen LogP contribution in [0.3, 0.4) is 0 Å². The Morgan fingerprint density at radius 1 is 1.07 bits per heavy atom. The van der Waals surface area contributed by atoms with E-state index < -0.39 is 21.8 Å². The lowest BCUT2D eigenvalue weighted by atomic mass is 9.96. The fourth-order valence-corrected chi connectivity index (χ4v) is 5.01. The van der Waals surface area contributed by atoms with Gasteiger partial charge in [0.05, 0.1) is 16.5 Å². The summed E-state index contributed by atoms with van der Waals surface area (Å²) in [6.07, 6.45) is 2.10. The van der Waals surface area contributed by atoms with Crippen molar-refractivity contribution in [2.75, 3.05) is 19.6 Å². The number of para-hydroxylation sites is 1. The number of amides is 1. The molecule has 7 nitrogen and oxygen atoms in total. The Morgan fingerprint density at radius 3 is 2.38 bits per heavy atom. The molecule has 8 heteroatoms. The number of nitrogens with zero attached hydrogens (tertiary/aromatic N) is 3. The number of hydrogen-bond acceptors (Lipinski definition) is 6. The molecule has 29 heavy (non-hydrogen) atoms. The second kappa shape index (κ2) is 7.61. The topological polar surface area (TPSA) is 90.3 Å². The van der Waals surface area contributed by atoms with Gasteiger partial charge in [-0.3, -0.25) is 4.79 Å². The van der Waals surface area contributed by atoms with Crippen molar-refractivity contribution < 1.29 is 18.3 Å². The molecule has 0 unspecified atom stereocenters. The molecule has 2 aliphatic heterocycles. The lowest BCUT2D eigenvalue weighted by molar-refractivity contribution is -0.127. The molecule has 1 atom stereocenters. The van der Waals surface area contributed by atoms with Crippen molar-refractivity contribution in [3.05, 3.63) is 59.7 Å². The third-order valence-corrected chi connectivity index (χ3v) is 6.97. The van der Waals surface area contributed by atoms with Gasteiger partial charge in [-0.1, -0.05) is 29.8 Å². The Kier molecular flexibility index (Phi) is 5.14. The van der Waals surface area contributed by atoms with Gasteiger partial charge >= 0.3 is 0 Å². The van der Waals surface area contributed by atoms with E-state index in [1.165, 1.54) is 18.2 Å². The number of likely N-dealkylation sites (tertiary alicyclic amines) is 1. The predicted octanol–water partition coefficient (Wildman–Crippen LogP) is 2.35. The summed E-state index contributed by atoms with van der Waals surface area (Å²) in [6, 6.07) is 12.9. The predicted molar refractivity (Wildman–Crippen MR) is 109 cm³/mol. The summed E-state index contributed by atoms with van der Waals surface area (Å²) in [7, 11) is -4.13. The summed E-state index contributed by atoms with van der Waals surface area (Å²) in [6.45, 7) is 3.97. The van der Waals surface area contributed by atoms with Crippen LogP contribution in [0.25, 0.3) is 0 Å². The largest absolute Gasteiger partial charge is 0.507 e. The fraction of sp³-hybridized carbons (Fsp3) is 0.333. The minimum absolute atomic E-state index is 0.0126. The van der Waals surface area contributed by atoms with E-state index in [0.717, 1.165) is 31.5 Å². The van der Waals surface area contributed by atoms with E-state index in [4.69, 9.17) is 0 Å². The number of rotatable bonds is 5. The highest BCUT2D eigenvalue weighted by atomic mass is 32.2. The molecular formula is C21H23N3O4S. The van der Waals surface area contributed by atoms with Gasteiger partial charge < -0.3 is 10.0 Å². The monoisotopic (exact) mass is 413 g/mol. The first-order valence-corrected chi connectivity index (χ1v) is 11.1. The van der Waals surface area contributed by atoms with Crippen molar-refractivity contribution in [2.24, 2.45) is 11.0 Å². The van der Waals surface area contributed by atoms with Gasteiger partial charge in [-0.15, -0.1) is 4.41 Å². The number of carbonyl (C=O) groups excluding carboxylic acids is 1. The quantitative estimate of drug-likeness (QED) is 0.813. The summed E-state index contributed by atoms with van der Waals surface area (Å²) >= 11 is 0. The third kappa shape index (κ3) is 3.65. The molecule has 1 amide bonds. The number of phenolic OH excluding ortho intramolecular Hbond substituents is 1. The molecule has 2 aromatic carbocycles. The van der Waals surface area contributed by atoms with E-state index in [2.05, 4.69) is 10.0 Å². The molecule has 152 valence electrons. The molecule has 1 N–H and O–H groups in total. The fourth-order valence-electron chi connectivity index (χ4n) is 3.77. The van der Waals surface area contributed by atoms with Gasteiger partial charge in [-0.2, -0.15) is 13.5 Å². The maximum atomic E-state index is 13.2. The molecule has 2 heterocycles. The van der Waals surface area contributed by atoms with Crippen LogP contribution in [0, 0.1) is 12.8 Å². The van der Waals surface area contributed by atoms with Crippen molar-refractivity contribution >= 4 is 21.6 Å². The van der Waals surface area contributed by atoms with Crippen LogP contribution in [0.2, 0.25) is 0 Å². The lowest BCUT2D eigenvalue weighted by Crippen LogP contribution is -2.38. The number of hydrogen-bond donors (Lipinski definition) is 1. The van der Waals surface area contributed by atoms with Crippen LogP contribution in [0.15, 0.2) is 58.5 Å². The Morgan fingerprint density at radius 2 is 1.72 bits per heavy atom. The van der Waals surface area contributed by atoms with Crippen LogP contribution in [0.1, 0.15) is 24.0 Å². The Bertz CT molecular complexity index is 1060. The smallest absolute Gasteiger partial charge is 0.286 e. The molecule has 4 rings (SSSR count). The molecule has 0 aliphatic carbocycles. The number of sulfonamides is 1. The Balaban J connectivity index is 1.75. The second-order valence-electron chi connectivity index (χ2n) is 7.46. The van der Waals surface area contributed by atoms with Gasteiger partial charge in [0.25, 0.3) is 15.9 Å². The second-order valence-corrected chi connectivity index (χ2v) is 9.23. The zero-order valence-corrected chi connectivity index (χ0v) is 17.0. The normalized spacial score (nSPS) is 20.3. The van der Waals surface area contributed by atoms with E-state index in [1.54, 1.807) is 30.3 Å². The van der Waals surface area contributed by atoms with Gasteiger partial charge in [0, 0.05) is 12.1 Å². The molecule has 0 bridgehead atoms. The molecule has 1 saturated heterocycles. The van der Waals surface area contributed by atoms with E-state index >= 15 is 0 Å². The van der Waals surface area contributed by atoms with E-state index in [-0.39, 0.29) is 16.4 Å². The SMILES string of the molecule is Cc1ccc(S(=O)(=O)N2N=C(c3ccccc3O)[C@H](CN3CCCC3)C2=O)cc1. The molecule has 0 spiro atoms. The summed E-state index contributed by atoms with van der Waals surface area (Å²) in [5.41, 5.74) is 1.59. The molecule has 0 saturated carbocycles. The lowest BCUT2D eigenvalue weighted by Gasteiger charge is -2.20. The maximum absolute atomic E-state index is 13.2. The number of aryl methyl sites for hydroxylation is 1. The first-order valence-electron chi connectivity index (χ1n) is 9.63. The summed E-state index contributed by atoms with van der Waals surface area (Å²) in [5.74, 6) is -1.36. The number of phenols is 1. The van der Waals surface area contributed by atoms with Gasteiger partial charge in [0.15, 0.2) is 0 Å². The number of benzene rings is 2. The van der Waals surface area contributed by atoms with Crippen LogP contribution in [-0.4, -0.2) is 54.1 Å². The summed E-state index contributed by atoms with van der Waals surface area (Å²) in [5, 5.41) is 14.5. The highest BCUT2D eigenvalue weighted by Gasteiger charge is 2.44. The van der Waals surface area contributed by atoms with Crippen molar-refractivity contribution in [3.63, 3.8) is 0 Å². The van der Waals surface area contributed by atoms with E-state index in [0.29, 0.717) is 16.5 Å². The van der Waals surface area contributed by atoms with Crippen LogP contribution in [0.5, 0.6) is 5.75 Å². The minimum atomic E-state index is -4.13. The molecular weight excluding hydrogens is 390 g/mol. The van der Waals surface area contributed by atoms with Gasteiger partial charge in [-0.05, 0) is 57.1 Å².